The molecule has 2 aromatic carbocycles. The van der Waals surface area contributed by atoms with Gasteiger partial charge in [-0.1, -0.05) is 64.5 Å². The third kappa shape index (κ3) is 5.69. The molecule has 22 heavy (non-hydrogen) atoms. The number of nitrogens with zero attached hydrogens (tertiary/aromatic N) is 1. The van der Waals surface area contributed by atoms with Gasteiger partial charge in [0.05, 0.1) is 5.69 Å². The maximum Gasteiger partial charge on any atom is 0.221 e. The summed E-state index contributed by atoms with van der Waals surface area (Å²) in [5.74, 6) is 10.2. The Morgan fingerprint density at radius 1 is 1.09 bits per heavy atom. The molecule has 0 unspecified atom stereocenters. The zero-order chi connectivity index (χ0) is 16.4. The van der Waals surface area contributed by atoms with E-state index in [1.165, 1.54) is 5.56 Å². The molecular weight excluding hydrogens is 344 g/mol. The monoisotopic (exact) mass is 362 g/mol. The smallest absolute Gasteiger partial charge is 0.221 e. The molecular formula is C16H19BrN4O. The van der Waals surface area contributed by atoms with Gasteiger partial charge in [-0.2, -0.15) is 0 Å². The van der Waals surface area contributed by atoms with Gasteiger partial charge in [0.25, 0.3) is 0 Å². The number of hydrogen-bond donors (Lipinski definition) is 3. The van der Waals surface area contributed by atoms with Gasteiger partial charge in [-0.05, 0) is 17.7 Å². The lowest BCUT2D eigenvalue weighted by Gasteiger charge is -2.16. The number of nitrogens with two attached hydrogens (primary N) is 2. The number of benzene rings is 2. The van der Waals surface area contributed by atoms with Crippen LogP contribution >= 0.6 is 15.9 Å². The molecule has 0 aliphatic heterocycles. The predicted molar refractivity (Wildman–Crippen MR) is 95.5 cm³/mol. The second kappa shape index (κ2) is 9.73. The van der Waals surface area contributed by atoms with Gasteiger partial charge in [-0.15, -0.1) is 0 Å². The molecule has 0 heterocycles. The first-order valence-corrected chi connectivity index (χ1v) is 7.29. The summed E-state index contributed by atoms with van der Waals surface area (Å²) in [5.41, 5.74) is 4.97. The molecule has 0 fully saturated rings. The molecule has 1 amide bonds. The van der Waals surface area contributed by atoms with Crippen molar-refractivity contribution in [2.24, 2.45) is 11.7 Å². The summed E-state index contributed by atoms with van der Waals surface area (Å²) in [5, 5.41) is 1.62. The van der Waals surface area contributed by atoms with Crippen molar-refractivity contribution in [2.45, 2.75) is 0 Å². The van der Waals surface area contributed by atoms with Crippen LogP contribution in [-0.2, 0) is 4.79 Å². The van der Waals surface area contributed by atoms with Crippen LogP contribution in [0.25, 0.3) is 12.2 Å². The molecule has 116 valence electrons. The second-order valence-corrected chi connectivity index (χ2v) is 5.17. The van der Waals surface area contributed by atoms with Gasteiger partial charge in [-0.25, -0.2) is 11.7 Å². The maximum atomic E-state index is 8.94. The van der Waals surface area contributed by atoms with Crippen LogP contribution in [0.3, 0.4) is 0 Å². The lowest BCUT2D eigenvalue weighted by Crippen LogP contribution is -2.25. The Kier molecular flexibility index (Phi) is 7.91. The summed E-state index contributed by atoms with van der Waals surface area (Å²) in [6.45, 7) is 0. The number of carbonyl (C=O) groups excluding carboxylic acids is 1. The Morgan fingerprint density at radius 2 is 1.73 bits per heavy atom. The van der Waals surface area contributed by atoms with Crippen LogP contribution in [0.5, 0.6) is 0 Å². The summed E-state index contributed by atoms with van der Waals surface area (Å²) >= 11 is 3.56. The van der Waals surface area contributed by atoms with E-state index >= 15 is 0 Å². The van der Waals surface area contributed by atoms with Crippen molar-refractivity contribution in [2.75, 3.05) is 12.1 Å². The molecule has 0 saturated carbocycles. The van der Waals surface area contributed by atoms with Crippen LogP contribution in [0.1, 0.15) is 11.1 Å². The predicted octanol–water partition coefficient (Wildman–Crippen LogP) is 2.54. The molecule has 2 aromatic rings. The van der Waals surface area contributed by atoms with Crippen molar-refractivity contribution in [1.29, 1.82) is 0 Å². The summed E-state index contributed by atoms with van der Waals surface area (Å²) in [7, 11) is 1.83. The van der Waals surface area contributed by atoms with Crippen molar-refractivity contribution in [1.82, 2.24) is 5.43 Å². The van der Waals surface area contributed by atoms with Gasteiger partial charge < -0.3 is 5.01 Å². The fourth-order valence-corrected chi connectivity index (χ4v) is 2.23. The van der Waals surface area contributed by atoms with Gasteiger partial charge in [0.2, 0.25) is 6.41 Å². The van der Waals surface area contributed by atoms with Crippen LogP contribution in [-0.4, -0.2) is 13.5 Å². The van der Waals surface area contributed by atoms with Crippen LogP contribution in [0.15, 0.2) is 53.0 Å². The van der Waals surface area contributed by atoms with Crippen LogP contribution in [0.4, 0.5) is 5.69 Å². The molecule has 0 atom stereocenters. The number of amides is 1. The summed E-state index contributed by atoms with van der Waals surface area (Å²) in [6.07, 6.45) is 4.55. The third-order valence-corrected chi connectivity index (χ3v) is 3.41. The second-order valence-electron chi connectivity index (χ2n) is 4.31. The highest BCUT2D eigenvalue weighted by molar-refractivity contribution is 9.10. The van der Waals surface area contributed by atoms with E-state index in [1.54, 1.807) is 10.4 Å². The van der Waals surface area contributed by atoms with E-state index in [0.29, 0.717) is 6.41 Å². The highest BCUT2D eigenvalue weighted by atomic mass is 79.9. The minimum absolute atomic E-state index is 0.403. The standard InChI is InChI=1S/C15H15BrN2.CH4N2O/c1-18(17)15-9-5-8-14(16)13(15)11-10-12-6-3-2-4-7-12;2-3-1-4/h2-11H,17H2,1H3;1H,2H2,(H,3,4)/b11-10+;. The van der Waals surface area contributed by atoms with Gasteiger partial charge in [0, 0.05) is 17.1 Å². The maximum absolute atomic E-state index is 8.94. The Labute approximate surface area is 138 Å². The first-order valence-electron chi connectivity index (χ1n) is 6.50. The van der Waals surface area contributed by atoms with Crippen molar-refractivity contribution in [3.63, 3.8) is 0 Å². The normalized spacial score (nSPS) is 9.82. The van der Waals surface area contributed by atoms with Crippen LogP contribution in [0.2, 0.25) is 0 Å². The summed E-state index contributed by atoms with van der Waals surface area (Å²) in [6, 6.07) is 16.2. The zero-order valence-corrected chi connectivity index (χ0v) is 13.8. The quantitative estimate of drug-likeness (QED) is 0.256. The molecule has 2 rings (SSSR count). The minimum Gasteiger partial charge on any atom is -0.313 e. The third-order valence-electron chi connectivity index (χ3n) is 2.72. The molecule has 0 radical (unpaired) electrons. The van der Waals surface area contributed by atoms with Crippen LogP contribution < -0.4 is 22.1 Å². The number of nitrogens with one attached hydrogen (secondary N) is 1. The van der Waals surface area contributed by atoms with E-state index < -0.39 is 0 Å². The van der Waals surface area contributed by atoms with Crippen molar-refractivity contribution in [3.8, 4) is 0 Å². The minimum atomic E-state index is 0.403. The number of carbonyl (C=O) groups is 1. The van der Waals surface area contributed by atoms with Crippen LogP contribution in [0, 0.1) is 0 Å². The molecule has 5 nitrogen and oxygen atoms in total. The fraction of sp³-hybridized carbons (Fsp3) is 0.0625. The largest absolute Gasteiger partial charge is 0.313 e. The summed E-state index contributed by atoms with van der Waals surface area (Å²) < 4.78 is 1.03. The highest BCUT2D eigenvalue weighted by Crippen LogP contribution is 2.28. The van der Waals surface area contributed by atoms with E-state index in [1.807, 2.05) is 43.4 Å². The molecule has 5 N–H and O–H groups in total. The van der Waals surface area contributed by atoms with Gasteiger partial charge >= 0.3 is 0 Å². The Bertz CT molecular complexity index is 615. The summed E-state index contributed by atoms with van der Waals surface area (Å²) in [4.78, 5) is 8.94. The van der Waals surface area contributed by atoms with Gasteiger partial charge in [0.1, 0.15) is 0 Å². The molecule has 0 aliphatic rings. The molecule has 0 aliphatic carbocycles. The van der Waals surface area contributed by atoms with Gasteiger partial charge in [0.15, 0.2) is 0 Å². The van der Waals surface area contributed by atoms with Crippen molar-refractivity contribution < 1.29 is 4.79 Å². The molecule has 0 bridgehead atoms. The molecule has 0 spiro atoms. The zero-order valence-electron chi connectivity index (χ0n) is 12.2. The fourth-order valence-electron chi connectivity index (χ4n) is 1.74. The average Bonchev–Trinajstić information content (AvgIpc) is 2.54. The van der Waals surface area contributed by atoms with E-state index in [4.69, 9.17) is 10.6 Å². The highest BCUT2D eigenvalue weighted by Gasteiger charge is 2.05. The Balaban J connectivity index is 0.000000541. The number of hydrogen-bond acceptors (Lipinski definition) is 4. The topological polar surface area (TPSA) is 84.4 Å². The lowest BCUT2D eigenvalue weighted by molar-refractivity contribution is -0.109. The SMILES string of the molecule is CN(N)c1cccc(Br)c1/C=C/c1ccccc1.NNC=O. The van der Waals surface area contributed by atoms with Gasteiger partial charge in [-0.3, -0.25) is 10.2 Å². The number of anilines is 1. The van der Waals surface area contributed by atoms with Crippen molar-refractivity contribution in [3.05, 3.63) is 64.1 Å². The first kappa shape index (κ1) is 17.9. The first-order chi connectivity index (χ1) is 10.6. The average molecular weight is 363 g/mol. The number of hydrazine groups is 2. The number of rotatable bonds is 4. The molecule has 0 aromatic heterocycles. The Hall–Kier alpha value is -2.15. The Morgan fingerprint density at radius 3 is 2.27 bits per heavy atom. The molecule has 6 heteroatoms. The van der Waals surface area contributed by atoms with E-state index in [0.717, 1.165) is 15.7 Å². The number of halogens is 1. The van der Waals surface area contributed by atoms with Crippen molar-refractivity contribution >= 4 is 40.2 Å². The van der Waals surface area contributed by atoms with E-state index in [-0.39, 0.29) is 0 Å². The lowest BCUT2D eigenvalue weighted by atomic mass is 10.1. The van der Waals surface area contributed by atoms with E-state index in [2.05, 4.69) is 46.1 Å². The van der Waals surface area contributed by atoms with E-state index in [9.17, 15) is 0 Å². The molecule has 0 saturated heterocycles.